The predicted octanol–water partition coefficient (Wildman–Crippen LogP) is 3.22. The van der Waals surface area contributed by atoms with Crippen LogP contribution in [0.4, 0.5) is 16.2 Å². The molecular formula is C19H19N3O3. The largest absolute Gasteiger partial charge is 0.482 e. The molecule has 3 amide bonds. The molecule has 2 aromatic rings. The number of amides is 3. The summed E-state index contributed by atoms with van der Waals surface area (Å²) in [6, 6.07) is 13.2. The molecule has 0 aromatic heterocycles. The van der Waals surface area contributed by atoms with E-state index in [1.807, 2.05) is 0 Å². The fraction of sp³-hybridized carbons (Fsp3) is 0.263. The summed E-state index contributed by atoms with van der Waals surface area (Å²) in [6.45, 7) is 0.474. The summed E-state index contributed by atoms with van der Waals surface area (Å²) in [5, 5.41) is 8.31. The van der Waals surface area contributed by atoms with Gasteiger partial charge in [-0.1, -0.05) is 24.3 Å². The minimum atomic E-state index is -0.297. The van der Waals surface area contributed by atoms with Crippen LogP contribution < -0.4 is 20.7 Å². The lowest BCUT2D eigenvalue weighted by Crippen LogP contribution is -2.28. The highest BCUT2D eigenvalue weighted by atomic mass is 16.5. The molecule has 1 heterocycles. The van der Waals surface area contributed by atoms with E-state index in [1.165, 1.54) is 18.4 Å². The first kappa shape index (κ1) is 15.5. The second-order valence-corrected chi connectivity index (χ2v) is 6.37. The molecule has 6 nitrogen and oxygen atoms in total. The van der Waals surface area contributed by atoms with Crippen molar-refractivity contribution < 1.29 is 14.3 Å². The van der Waals surface area contributed by atoms with Gasteiger partial charge in [0.25, 0.3) is 5.91 Å². The Kier molecular flexibility index (Phi) is 4.01. The smallest absolute Gasteiger partial charge is 0.319 e. The van der Waals surface area contributed by atoms with Gasteiger partial charge in [0.15, 0.2) is 6.61 Å². The lowest BCUT2D eigenvalue weighted by atomic mass is 10.1. The molecule has 0 spiro atoms. The third-order valence-electron chi connectivity index (χ3n) is 4.35. The Morgan fingerprint density at radius 3 is 2.72 bits per heavy atom. The first-order valence-electron chi connectivity index (χ1n) is 8.38. The van der Waals surface area contributed by atoms with Gasteiger partial charge in [0.05, 0.1) is 5.69 Å². The number of ether oxygens (including phenoxy) is 1. The Hall–Kier alpha value is -3.02. The molecule has 25 heavy (non-hydrogen) atoms. The van der Waals surface area contributed by atoms with Gasteiger partial charge in [-0.25, -0.2) is 4.79 Å². The normalized spacial score (nSPS) is 15.6. The average Bonchev–Trinajstić information content (AvgIpc) is 3.45. The minimum absolute atomic E-state index is 0.0137. The quantitative estimate of drug-likeness (QED) is 0.801. The summed E-state index contributed by atoms with van der Waals surface area (Å²) in [5.41, 5.74) is 3.59. The number of carbonyl (C=O) groups excluding carboxylic acids is 2. The summed E-state index contributed by atoms with van der Waals surface area (Å²) in [4.78, 5) is 23.4. The molecule has 1 aliphatic heterocycles. The third-order valence-corrected chi connectivity index (χ3v) is 4.35. The Morgan fingerprint density at radius 2 is 1.96 bits per heavy atom. The van der Waals surface area contributed by atoms with E-state index < -0.39 is 0 Å². The first-order valence-corrected chi connectivity index (χ1v) is 8.38. The van der Waals surface area contributed by atoms with Gasteiger partial charge < -0.3 is 20.7 Å². The van der Waals surface area contributed by atoms with Crippen molar-refractivity contribution in [2.24, 2.45) is 0 Å². The minimum Gasteiger partial charge on any atom is -0.482 e. The molecule has 128 valence electrons. The van der Waals surface area contributed by atoms with Crippen LogP contribution >= 0.6 is 0 Å². The molecule has 0 radical (unpaired) electrons. The van der Waals surface area contributed by atoms with E-state index in [0.717, 1.165) is 11.5 Å². The van der Waals surface area contributed by atoms with Gasteiger partial charge in [-0.3, -0.25) is 4.79 Å². The van der Waals surface area contributed by atoms with Crippen LogP contribution in [0.5, 0.6) is 5.75 Å². The summed E-state index contributed by atoms with van der Waals surface area (Å²) in [6.07, 6.45) is 2.57. The molecule has 0 bridgehead atoms. The van der Waals surface area contributed by atoms with E-state index in [1.54, 1.807) is 18.2 Å². The second-order valence-electron chi connectivity index (χ2n) is 6.37. The summed E-state index contributed by atoms with van der Waals surface area (Å²) < 4.78 is 5.29. The molecule has 4 rings (SSSR count). The molecular weight excluding hydrogens is 318 g/mol. The number of urea groups is 1. The van der Waals surface area contributed by atoms with Gasteiger partial charge in [0, 0.05) is 12.2 Å². The number of rotatable bonds is 4. The maximum Gasteiger partial charge on any atom is 0.319 e. The maximum atomic E-state index is 12.1. The molecule has 0 saturated heterocycles. The van der Waals surface area contributed by atoms with Gasteiger partial charge in [-0.15, -0.1) is 0 Å². The maximum absolute atomic E-state index is 12.1. The Labute approximate surface area is 145 Å². The molecule has 2 aromatic carbocycles. The van der Waals surface area contributed by atoms with Crippen molar-refractivity contribution in [3.8, 4) is 5.75 Å². The molecule has 2 aliphatic rings. The molecule has 1 saturated carbocycles. The van der Waals surface area contributed by atoms with Gasteiger partial charge in [-0.2, -0.15) is 0 Å². The molecule has 1 fully saturated rings. The van der Waals surface area contributed by atoms with Gasteiger partial charge >= 0.3 is 6.03 Å². The van der Waals surface area contributed by atoms with Crippen molar-refractivity contribution in [3.63, 3.8) is 0 Å². The zero-order valence-electron chi connectivity index (χ0n) is 13.7. The fourth-order valence-electron chi connectivity index (χ4n) is 2.84. The number of carbonyl (C=O) groups is 2. The van der Waals surface area contributed by atoms with Crippen molar-refractivity contribution >= 4 is 23.3 Å². The SMILES string of the molecule is O=C1COc2ccc(NC(=O)NCc3ccc(C4CC4)cc3)cc2N1. The Balaban J connectivity index is 1.32. The van der Waals surface area contributed by atoms with Crippen molar-refractivity contribution in [1.82, 2.24) is 5.32 Å². The number of hydrogen-bond donors (Lipinski definition) is 3. The van der Waals surface area contributed by atoms with Crippen LogP contribution in [0.2, 0.25) is 0 Å². The van der Waals surface area contributed by atoms with Gasteiger partial charge in [-0.05, 0) is 48.1 Å². The molecule has 0 atom stereocenters. The van der Waals surface area contributed by atoms with Crippen LogP contribution in [0, 0.1) is 0 Å². The topological polar surface area (TPSA) is 79.5 Å². The van der Waals surface area contributed by atoms with E-state index in [2.05, 4.69) is 40.2 Å². The van der Waals surface area contributed by atoms with E-state index in [0.29, 0.717) is 23.7 Å². The number of nitrogens with one attached hydrogen (secondary N) is 3. The van der Waals surface area contributed by atoms with Gasteiger partial charge in [0.1, 0.15) is 5.75 Å². The van der Waals surface area contributed by atoms with Crippen LogP contribution in [0.25, 0.3) is 0 Å². The number of benzene rings is 2. The average molecular weight is 337 g/mol. The van der Waals surface area contributed by atoms with Crippen molar-refractivity contribution in [2.45, 2.75) is 25.3 Å². The lowest BCUT2D eigenvalue weighted by Gasteiger charge is -2.18. The van der Waals surface area contributed by atoms with Crippen molar-refractivity contribution in [2.75, 3.05) is 17.2 Å². The zero-order valence-corrected chi connectivity index (χ0v) is 13.7. The highest BCUT2D eigenvalue weighted by molar-refractivity contribution is 5.97. The van der Waals surface area contributed by atoms with Gasteiger partial charge in [0.2, 0.25) is 0 Å². The molecule has 0 unspecified atom stereocenters. The lowest BCUT2D eigenvalue weighted by molar-refractivity contribution is -0.118. The summed E-state index contributed by atoms with van der Waals surface area (Å²) >= 11 is 0. The van der Waals surface area contributed by atoms with Crippen LogP contribution in [0.3, 0.4) is 0 Å². The van der Waals surface area contributed by atoms with E-state index in [-0.39, 0.29) is 18.5 Å². The zero-order chi connectivity index (χ0) is 17.2. The highest BCUT2D eigenvalue weighted by Gasteiger charge is 2.22. The van der Waals surface area contributed by atoms with E-state index >= 15 is 0 Å². The monoisotopic (exact) mass is 337 g/mol. The number of fused-ring (bicyclic) bond motifs is 1. The number of anilines is 2. The van der Waals surface area contributed by atoms with Crippen molar-refractivity contribution in [3.05, 3.63) is 53.6 Å². The fourth-order valence-corrected chi connectivity index (χ4v) is 2.84. The summed E-state index contributed by atoms with van der Waals surface area (Å²) in [5.74, 6) is 1.13. The Bertz CT molecular complexity index is 813. The Morgan fingerprint density at radius 1 is 1.16 bits per heavy atom. The molecule has 1 aliphatic carbocycles. The van der Waals surface area contributed by atoms with E-state index in [4.69, 9.17) is 4.74 Å². The summed E-state index contributed by atoms with van der Waals surface area (Å²) in [7, 11) is 0. The first-order chi connectivity index (χ1) is 12.2. The highest BCUT2D eigenvalue weighted by Crippen LogP contribution is 2.39. The number of hydrogen-bond acceptors (Lipinski definition) is 3. The van der Waals surface area contributed by atoms with Crippen LogP contribution in [-0.2, 0) is 11.3 Å². The standard InChI is InChI=1S/C19H19N3O3/c23-18-11-25-17-8-7-15(9-16(17)22-18)21-19(24)20-10-12-1-3-13(4-2-12)14-5-6-14/h1-4,7-9,14H,5-6,10-11H2,(H,22,23)(H2,20,21,24). The molecule has 6 heteroatoms. The van der Waals surface area contributed by atoms with E-state index in [9.17, 15) is 9.59 Å². The van der Waals surface area contributed by atoms with Crippen LogP contribution in [0.1, 0.15) is 29.9 Å². The second kappa shape index (κ2) is 6.47. The molecule has 3 N–H and O–H groups in total. The predicted molar refractivity (Wildman–Crippen MR) is 94.8 cm³/mol. The third kappa shape index (κ3) is 3.74. The van der Waals surface area contributed by atoms with Crippen LogP contribution in [-0.4, -0.2) is 18.5 Å². The van der Waals surface area contributed by atoms with Crippen molar-refractivity contribution in [1.29, 1.82) is 0 Å². The van der Waals surface area contributed by atoms with Crippen LogP contribution in [0.15, 0.2) is 42.5 Å².